The number of nitrogen functional groups attached to an aromatic ring is 1. The van der Waals surface area contributed by atoms with Crippen LogP contribution >= 0.6 is 11.6 Å². The van der Waals surface area contributed by atoms with Crippen molar-refractivity contribution in [3.05, 3.63) is 58.6 Å². The predicted octanol–water partition coefficient (Wildman–Crippen LogP) is 4.50. The number of nitrogens with two attached hydrogens (primary N) is 1. The summed E-state index contributed by atoms with van der Waals surface area (Å²) < 4.78 is 26.1. The lowest BCUT2D eigenvalue weighted by molar-refractivity contribution is 0.152. The maximum atomic E-state index is 13.1. The molecule has 2 rings (SSSR count). The fourth-order valence-corrected chi connectivity index (χ4v) is 2.17. The topological polar surface area (TPSA) is 29.3 Å². The molecule has 0 saturated heterocycles. The number of hydrogen-bond donors (Lipinski definition) is 1. The predicted molar refractivity (Wildman–Crippen MR) is 79.4 cm³/mol. The number of hydrogen-bond acceptors (Lipinski definition) is 2. The summed E-state index contributed by atoms with van der Waals surface area (Å²) in [5.74, 6) is 0. The number of rotatable bonds is 4. The van der Waals surface area contributed by atoms with E-state index in [2.05, 4.69) is 0 Å². The summed E-state index contributed by atoms with van der Waals surface area (Å²) in [5.41, 5.74) is 7.32. The molecule has 0 bridgehead atoms. The van der Waals surface area contributed by atoms with E-state index in [1.807, 2.05) is 12.1 Å². The molecule has 0 aliphatic carbocycles. The summed E-state index contributed by atoms with van der Waals surface area (Å²) in [6.07, 6.45) is -2.55. The molecule has 5 heteroatoms. The van der Waals surface area contributed by atoms with E-state index in [0.717, 1.165) is 5.56 Å². The minimum atomic E-state index is -2.55. The van der Waals surface area contributed by atoms with Crippen molar-refractivity contribution in [2.75, 3.05) is 17.7 Å². The van der Waals surface area contributed by atoms with Crippen LogP contribution in [0.1, 0.15) is 17.6 Å². The molecule has 0 aromatic heterocycles. The summed E-state index contributed by atoms with van der Waals surface area (Å²) in [6.45, 7) is 0.515. The molecule has 0 unspecified atom stereocenters. The van der Waals surface area contributed by atoms with Crippen LogP contribution in [0.2, 0.25) is 5.02 Å². The molecule has 0 aliphatic heterocycles. The average Bonchev–Trinajstić information content (AvgIpc) is 2.41. The highest BCUT2D eigenvalue weighted by atomic mass is 35.5. The van der Waals surface area contributed by atoms with E-state index >= 15 is 0 Å². The first-order valence-electron chi connectivity index (χ1n) is 6.10. The lowest BCUT2D eigenvalue weighted by Crippen LogP contribution is -2.18. The molecule has 2 aromatic rings. The Bertz CT molecular complexity index is 585. The summed E-state index contributed by atoms with van der Waals surface area (Å²) >= 11 is 5.82. The summed E-state index contributed by atoms with van der Waals surface area (Å²) in [7, 11) is 1.77. The molecule has 0 radical (unpaired) electrons. The molecule has 0 heterocycles. The average molecular weight is 297 g/mol. The van der Waals surface area contributed by atoms with Gasteiger partial charge in [0.1, 0.15) is 0 Å². The summed E-state index contributed by atoms with van der Waals surface area (Å²) in [6, 6.07) is 11.9. The Labute approximate surface area is 121 Å². The lowest BCUT2D eigenvalue weighted by atomic mass is 10.1. The standard InChI is InChI=1S/C15H15ClF2N2/c1-20(9-10-2-4-11(16)5-3-10)14-7-6-12(19)8-13(14)15(17)18/h2-8,15H,9,19H2,1H3. The highest BCUT2D eigenvalue weighted by molar-refractivity contribution is 6.30. The first-order chi connectivity index (χ1) is 9.47. The number of alkyl halides is 2. The number of anilines is 2. The molecule has 20 heavy (non-hydrogen) atoms. The van der Waals surface area contributed by atoms with E-state index in [0.29, 0.717) is 22.9 Å². The van der Waals surface area contributed by atoms with Gasteiger partial charge in [0.25, 0.3) is 6.43 Å². The minimum Gasteiger partial charge on any atom is -0.399 e. The third-order valence-electron chi connectivity index (χ3n) is 3.03. The fourth-order valence-electron chi connectivity index (χ4n) is 2.04. The van der Waals surface area contributed by atoms with Crippen molar-refractivity contribution in [2.45, 2.75) is 13.0 Å². The fraction of sp³-hybridized carbons (Fsp3) is 0.200. The van der Waals surface area contributed by atoms with E-state index < -0.39 is 6.43 Å². The Hall–Kier alpha value is -1.81. The maximum Gasteiger partial charge on any atom is 0.265 e. The van der Waals surface area contributed by atoms with Crippen LogP contribution < -0.4 is 10.6 Å². The van der Waals surface area contributed by atoms with Crippen molar-refractivity contribution in [2.24, 2.45) is 0 Å². The lowest BCUT2D eigenvalue weighted by Gasteiger charge is -2.23. The zero-order chi connectivity index (χ0) is 14.7. The molecule has 0 fully saturated rings. The smallest absolute Gasteiger partial charge is 0.265 e. The van der Waals surface area contributed by atoms with Gasteiger partial charge in [0.2, 0.25) is 0 Å². The molecular weight excluding hydrogens is 282 g/mol. The number of nitrogens with zero attached hydrogens (tertiary/aromatic N) is 1. The second-order valence-corrected chi connectivity index (χ2v) is 5.04. The van der Waals surface area contributed by atoms with Gasteiger partial charge in [0.05, 0.1) is 0 Å². The molecule has 0 aliphatic rings. The minimum absolute atomic E-state index is 0.0542. The molecule has 106 valence electrons. The molecular formula is C15H15ClF2N2. The third kappa shape index (κ3) is 3.39. The highest BCUT2D eigenvalue weighted by Gasteiger charge is 2.16. The summed E-state index contributed by atoms with van der Waals surface area (Å²) in [5, 5.41) is 0.650. The van der Waals surface area contributed by atoms with Crippen LogP contribution in [0.3, 0.4) is 0 Å². The highest BCUT2D eigenvalue weighted by Crippen LogP contribution is 2.31. The van der Waals surface area contributed by atoms with E-state index in [1.165, 1.54) is 6.07 Å². The first-order valence-corrected chi connectivity index (χ1v) is 6.48. The van der Waals surface area contributed by atoms with Crippen LogP contribution in [0.15, 0.2) is 42.5 Å². The van der Waals surface area contributed by atoms with Crippen molar-refractivity contribution >= 4 is 23.0 Å². The van der Waals surface area contributed by atoms with Gasteiger partial charge in [0, 0.05) is 35.6 Å². The van der Waals surface area contributed by atoms with Crippen molar-refractivity contribution in [3.63, 3.8) is 0 Å². The van der Waals surface area contributed by atoms with Crippen LogP contribution in [-0.2, 0) is 6.54 Å². The molecule has 0 saturated carbocycles. The SMILES string of the molecule is CN(Cc1ccc(Cl)cc1)c1ccc(N)cc1C(F)F. The van der Waals surface area contributed by atoms with Gasteiger partial charge in [-0.25, -0.2) is 8.78 Å². The van der Waals surface area contributed by atoms with Gasteiger partial charge in [-0.2, -0.15) is 0 Å². The van der Waals surface area contributed by atoms with Crippen LogP contribution in [0.25, 0.3) is 0 Å². The van der Waals surface area contributed by atoms with Crippen molar-refractivity contribution < 1.29 is 8.78 Å². The Morgan fingerprint density at radius 3 is 2.40 bits per heavy atom. The van der Waals surface area contributed by atoms with Gasteiger partial charge < -0.3 is 10.6 Å². The normalized spacial score (nSPS) is 10.8. The van der Waals surface area contributed by atoms with E-state index in [-0.39, 0.29) is 5.56 Å². The first kappa shape index (κ1) is 14.6. The van der Waals surface area contributed by atoms with Crippen molar-refractivity contribution in [1.29, 1.82) is 0 Å². The Morgan fingerprint density at radius 2 is 1.80 bits per heavy atom. The Morgan fingerprint density at radius 1 is 1.15 bits per heavy atom. The zero-order valence-electron chi connectivity index (χ0n) is 11.0. The van der Waals surface area contributed by atoms with E-state index in [4.69, 9.17) is 17.3 Å². The van der Waals surface area contributed by atoms with Gasteiger partial charge in [-0.05, 0) is 35.9 Å². The van der Waals surface area contributed by atoms with Crippen LogP contribution in [-0.4, -0.2) is 7.05 Å². The van der Waals surface area contributed by atoms with Crippen LogP contribution in [0.4, 0.5) is 20.2 Å². The van der Waals surface area contributed by atoms with Crippen LogP contribution in [0.5, 0.6) is 0 Å². The molecule has 0 amide bonds. The van der Waals surface area contributed by atoms with Gasteiger partial charge in [-0.1, -0.05) is 23.7 Å². The molecule has 2 aromatic carbocycles. The monoisotopic (exact) mass is 296 g/mol. The molecule has 0 spiro atoms. The van der Waals surface area contributed by atoms with Gasteiger partial charge in [-0.3, -0.25) is 0 Å². The third-order valence-corrected chi connectivity index (χ3v) is 3.28. The molecule has 2 N–H and O–H groups in total. The van der Waals surface area contributed by atoms with E-state index in [1.54, 1.807) is 36.2 Å². The molecule has 0 atom stereocenters. The maximum absolute atomic E-state index is 13.1. The van der Waals surface area contributed by atoms with E-state index in [9.17, 15) is 8.78 Å². The second kappa shape index (κ2) is 6.09. The number of halogens is 3. The second-order valence-electron chi connectivity index (χ2n) is 4.60. The van der Waals surface area contributed by atoms with Crippen molar-refractivity contribution in [1.82, 2.24) is 0 Å². The Kier molecular flexibility index (Phi) is 4.45. The van der Waals surface area contributed by atoms with Gasteiger partial charge >= 0.3 is 0 Å². The summed E-state index contributed by atoms with van der Waals surface area (Å²) in [4.78, 5) is 1.77. The van der Waals surface area contributed by atoms with Crippen molar-refractivity contribution in [3.8, 4) is 0 Å². The van der Waals surface area contributed by atoms with Gasteiger partial charge in [0.15, 0.2) is 0 Å². The van der Waals surface area contributed by atoms with Gasteiger partial charge in [-0.15, -0.1) is 0 Å². The Balaban J connectivity index is 2.24. The largest absolute Gasteiger partial charge is 0.399 e. The number of benzene rings is 2. The van der Waals surface area contributed by atoms with Crippen LogP contribution in [0, 0.1) is 0 Å². The quantitative estimate of drug-likeness (QED) is 0.842. The zero-order valence-corrected chi connectivity index (χ0v) is 11.7. The molecule has 2 nitrogen and oxygen atoms in total.